The number of ether oxygens (including phenoxy) is 1. The van der Waals surface area contributed by atoms with E-state index in [1.54, 1.807) is 11.8 Å². The van der Waals surface area contributed by atoms with Crippen LogP contribution in [0.5, 0.6) is 0 Å². The summed E-state index contributed by atoms with van der Waals surface area (Å²) in [5.74, 6) is 1.02. The summed E-state index contributed by atoms with van der Waals surface area (Å²) in [6.07, 6.45) is 1.37. The minimum Gasteiger partial charge on any atom is -0.389 e. The van der Waals surface area contributed by atoms with Gasteiger partial charge in [-0.05, 0) is 12.8 Å². The van der Waals surface area contributed by atoms with Gasteiger partial charge < -0.3 is 9.84 Å². The molecule has 11 heavy (non-hydrogen) atoms. The molecule has 3 heteroatoms. The minimum absolute atomic E-state index is 0.283. The Morgan fingerprint density at radius 3 is 2.73 bits per heavy atom. The van der Waals surface area contributed by atoms with E-state index in [-0.39, 0.29) is 11.0 Å². The molecule has 0 unspecified atom stereocenters. The molecule has 0 aliphatic carbocycles. The maximum atomic E-state index is 9.66. The number of hydrogen-bond donors (Lipinski definition) is 1. The summed E-state index contributed by atoms with van der Waals surface area (Å²) in [6.45, 7) is 4.84. The van der Waals surface area contributed by atoms with Crippen LogP contribution in [-0.4, -0.2) is 28.5 Å². The monoisotopic (exact) mass is 176 g/mol. The van der Waals surface area contributed by atoms with Crippen molar-refractivity contribution in [3.05, 3.63) is 0 Å². The molecule has 1 aliphatic heterocycles. The molecule has 66 valence electrons. The van der Waals surface area contributed by atoms with Gasteiger partial charge in [0, 0.05) is 5.75 Å². The molecule has 1 heterocycles. The van der Waals surface area contributed by atoms with Crippen molar-refractivity contribution >= 4 is 11.8 Å². The van der Waals surface area contributed by atoms with Gasteiger partial charge in [0.05, 0.1) is 12.7 Å². The maximum absolute atomic E-state index is 9.66. The Morgan fingerprint density at radius 1 is 1.64 bits per heavy atom. The fourth-order valence-corrected chi connectivity index (χ4v) is 2.66. The lowest BCUT2D eigenvalue weighted by Crippen LogP contribution is -2.37. The van der Waals surface area contributed by atoms with Gasteiger partial charge in [0.25, 0.3) is 0 Å². The Kier molecular flexibility index (Phi) is 3.22. The van der Waals surface area contributed by atoms with Gasteiger partial charge in [0.2, 0.25) is 0 Å². The van der Waals surface area contributed by atoms with Crippen molar-refractivity contribution in [2.75, 3.05) is 12.4 Å². The van der Waals surface area contributed by atoms with Crippen molar-refractivity contribution in [3.8, 4) is 0 Å². The Labute approximate surface area is 72.3 Å². The molecule has 1 fully saturated rings. The molecule has 0 aromatic heterocycles. The van der Waals surface area contributed by atoms with E-state index in [4.69, 9.17) is 4.74 Å². The quantitative estimate of drug-likeness (QED) is 0.708. The summed E-state index contributed by atoms with van der Waals surface area (Å²) in [6, 6.07) is 0. The first-order chi connectivity index (χ1) is 5.25. The summed E-state index contributed by atoms with van der Waals surface area (Å²) >= 11 is 1.75. The van der Waals surface area contributed by atoms with Crippen LogP contribution in [0.2, 0.25) is 0 Å². The topological polar surface area (TPSA) is 29.5 Å². The highest BCUT2D eigenvalue weighted by molar-refractivity contribution is 8.00. The average Bonchev–Trinajstić information content (AvgIpc) is 2.52. The Hall–Kier alpha value is 0.270. The van der Waals surface area contributed by atoms with E-state index in [0.29, 0.717) is 0 Å². The fraction of sp³-hybridized carbons (Fsp3) is 1.00. The molecular weight excluding hydrogens is 160 g/mol. The molecule has 1 rings (SSSR count). The van der Waals surface area contributed by atoms with Crippen LogP contribution < -0.4 is 0 Å². The molecule has 0 bridgehead atoms. The zero-order valence-corrected chi connectivity index (χ0v) is 7.99. The van der Waals surface area contributed by atoms with E-state index in [1.807, 2.05) is 6.92 Å². The van der Waals surface area contributed by atoms with Gasteiger partial charge in [0.1, 0.15) is 4.93 Å². The van der Waals surface area contributed by atoms with Gasteiger partial charge in [-0.2, -0.15) is 0 Å². The lowest BCUT2D eigenvalue weighted by atomic mass is 10.1. The molecule has 2 nitrogen and oxygen atoms in total. The predicted molar refractivity (Wildman–Crippen MR) is 47.7 cm³/mol. The first kappa shape index (κ1) is 9.36. The van der Waals surface area contributed by atoms with Crippen molar-refractivity contribution < 1.29 is 9.84 Å². The highest BCUT2D eigenvalue weighted by Gasteiger charge is 2.40. The largest absolute Gasteiger partial charge is 0.389 e. The fourth-order valence-electron chi connectivity index (χ4n) is 1.41. The standard InChI is InChI=1S/C8H16O2S/c1-3-7(9)8(4-2)10-5-6-11-8/h7,9H,3-6H2,1-2H3/t7-,8-/m1/s1. The summed E-state index contributed by atoms with van der Waals surface area (Å²) in [4.78, 5) is -0.283. The summed E-state index contributed by atoms with van der Waals surface area (Å²) in [5.41, 5.74) is 0. The van der Waals surface area contributed by atoms with Crippen molar-refractivity contribution in [2.24, 2.45) is 0 Å². The van der Waals surface area contributed by atoms with Gasteiger partial charge in [-0.1, -0.05) is 13.8 Å². The average molecular weight is 176 g/mol. The van der Waals surface area contributed by atoms with Crippen LogP contribution in [-0.2, 0) is 4.74 Å². The third-order valence-electron chi connectivity index (χ3n) is 2.16. The zero-order valence-electron chi connectivity index (χ0n) is 7.17. The van der Waals surface area contributed by atoms with Gasteiger partial charge >= 0.3 is 0 Å². The SMILES string of the molecule is CC[C@@H](O)[C@]1(CC)OCCS1. The molecule has 2 atom stereocenters. The van der Waals surface area contributed by atoms with E-state index < -0.39 is 0 Å². The molecular formula is C8H16O2S. The molecule has 0 radical (unpaired) electrons. The number of aliphatic hydroxyl groups excluding tert-OH is 1. The van der Waals surface area contributed by atoms with Crippen LogP contribution in [0.1, 0.15) is 26.7 Å². The van der Waals surface area contributed by atoms with Crippen LogP contribution in [0, 0.1) is 0 Å². The van der Waals surface area contributed by atoms with E-state index in [2.05, 4.69) is 6.92 Å². The normalized spacial score (nSPS) is 34.1. The van der Waals surface area contributed by atoms with Gasteiger partial charge in [-0.25, -0.2) is 0 Å². The lowest BCUT2D eigenvalue weighted by Gasteiger charge is -2.30. The van der Waals surface area contributed by atoms with E-state index in [0.717, 1.165) is 25.2 Å². The first-order valence-electron chi connectivity index (χ1n) is 4.21. The first-order valence-corrected chi connectivity index (χ1v) is 5.19. The molecule has 0 aromatic rings. The molecule has 0 spiro atoms. The highest BCUT2D eigenvalue weighted by atomic mass is 32.2. The predicted octanol–water partition coefficient (Wildman–Crippen LogP) is 1.63. The second-order valence-electron chi connectivity index (χ2n) is 2.79. The number of rotatable bonds is 3. The third-order valence-corrected chi connectivity index (χ3v) is 3.70. The van der Waals surface area contributed by atoms with Gasteiger partial charge in [-0.3, -0.25) is 0 Å². The molecule has 1 N–H and O–H groups in total. The summed E-state index contributed by atoms with van der Waals surface area (Å²) in [5, 5.41) is 9.66. The van der Waals surface area contributed by atoms with Crippen molar-refractivity contribution in [2.45, 2.75) is 37.7 Å². The Bertz CT molecular complexity index is 121. The van der Waals surface area contributed by atoms with Crippen LogP contribution in [0.3, 0.4) is 0 Å². The third kappa shape index (κ3) is 1.71. The van der Waals surface area contributed by atoms with Crippen molar-refractivity contribution in [1.82, 2.24) is 0 Å². The van der Waals surface area contributed by atoms with Crippen LogP contribution in [0.4, 0.5) is 0 Å². The van der Waals surface area contributed by atoms with Crippen LogP contribution in [0.15, 0.2) is 0 Å². The maximum Gasteiger partial charge on any atom is 0.139 e. The number of aliphatic hydroxyl groups is 1. The summed E-state index contributed by atoms with van der Waals surface area (Å²) in [7, 11) is 0. The second kappa shape index (κ2) is 3.78. The Morgan fingerprint density at radius 2 is 2.36 bits per heavy atom. The second-order valence-corrected chi connectivity index (χ2v) is 4.17. The highest BCUT2D eigenvalue weighted by Crippen LogP contribution is 2.39. The molecule has 1 aliphatic rings. The molecule has 1 saturated heterocycles. The van der Waals surface area contributed by atoms with E-state index in [1.165, 1.54) is 0 Å². The van der Waals surface area contributed by atoms with Gasteiger partial charge in [-0.15, -0.1) is 11.8 Å². The zero-order chi connectivity index (χ0) is 8.32. The number of thioether (sulfide) groups is 1. The van der Waals surface area contributed by atoms with Crippen LogP contribution >= 0.6 is 11.8 Å². The Balaban J connectivity index is 2.58. The number of hydrogen-bond acceptors (Lipinski definition) is 3. The molecule has 0 aromatic carbocycles. The lowest BCUT2D eigenvalue weighted by molar-refractivity contribution is -0.0490. The smallest absolute Gasteiger partial charge is 0.139 e. The van der Waals surface area contributed by atoms with E-state index in [9.17, 15) is 5.11 Å². The molecule has 0 amide bonds. The van der Waals surface area contributed by atoms with Crippen LogP contribution in [0.25, 0.3) is 0 Å². The summed E-state index contributed by atoms with van der Waals surface area (Å²) < 4.78 is 5.56. The minimum atomic E-state index is -0.306. The molecule has 0 saturated carbocycles. The van der Waals surface area contributed by atoms with Crippen molar-refractivity contribution in [1.29, 1.82) is 0 Å². The van der Waals surface area contributed by atoms with Crippen molar-refractivity contribution in [3.63, 3.8) is 0 Å². The van der Waals surface area contributed by atoms with Gasteiger partial charge in [0.15, 0.2) is 0 Å². The van der Waals surface area contributed by atoms with E-state index >= 15 is 0 Å².